The second-order valence-electron chi connectivity index (χ2n) is 9.17. The number of hydrogen-bond acceptors (Lipinski definition) is 4. The summed E-state index contributed by atoms with van der Waals surface area (Å²) in [7, 11) is -3.80. The Morgan fingerprint density at radius 3 is 2.22 bits per heavy atom. The van der Waals surface area contributed by atoms with Gasteiger partial charge in [-0.25, -0.2) is 12.8 Å². The Labute approximate surface area is 229 Å². The SMILES string of the molecule is CC[C@H](C(=O)NCC(C)C)N(Cc1c(Cl)cccc1Cl)C(=O)CCCN(c1ccccc1F)S(C)(=O)=O. The molecule has 0 saturated carbocycles. The Kier molecular flexibility index (Phi) is 11.7. The topological polar surface area (TPSA) is 86.8 Å². The smallest absolute Gasteiger partial charge is 0.242 e. The van der Waals surface area contributed by atoms with E-state index < -0.39 is 21.9 Å². The lowest BCUT2D eigenvalue weighted by molar-refractivity contribution is -0.141. The van der Waals surface area contributed by atoms with Crippen LogP contribution < -0.4 is 9.62 Å². The minimum Gasteiger partial charge on any atom is -0.354 e. The second kappa shape index (κ2) is 14.0. The van der Waals surface area contributed by atoms with Crippen LogP contribution in [0.2, 0.25) is 10.0 Å². The fourth-order valence-corrected chi connectivity index (χ4v) is 5.32. The van der Waals surface area contributed by atoms with Crippen molar-refractivity contribution in [3.63, 3.8) is 0 Å². The van der Waals surface area contributed by atoms with Crippen molar-refractivity contribution < 1.29 is 22.4 Å². The van der Waals surface area contributed by atoms with Crippen molar-refractivity contribution in [1.29, 1.82) is 0 Å². The predicted molar refractivity (Wildman–Crippen MR) is 147 cm³/mol. The van der Waals surface area contributed by atoms with E-state index in [-0.39, 0.29) is 49.4 Å². The lowest BCUT2D eigenvalue weighted by Crippen LogP contribution is -2.49. The summed E-state index contributed by atoms with van der Waals surface area (Å²) in [5.74, 6) is -1.12. The predicted octanol–water partition coefficient (Wildman–Crippen LogP) is 5.26. The minimum absolute atomic E-state index is 0.00799. The monoisotopic (exact) mass is 573 g/mol. The fraction of sp³-hybridized carbons (Fsp3) is 0.462. The van der Waals surface area contributed by atoms with Crippen LogP contribution in [0.5, 0.6) is 0 Å². The van der Waals surface area contributed by atoms with Crippen LogP contribution in [0.4, 0.5) is 10.1 Å². The standard InChI is InChI=1S/C26H34Cl2FN3O4S/c1-5-23(26(34)30-16-18(2)3)31(17-19-20(27)10-8-11-21(19)28)25(33)14-9-15-32(37(4,35)36)24-13-7-6-12-22(24)29/h6-8,10-13,18,23H,5,9,14-17H2,1-4H3,(H,30,34)/t23-/m1/s1. The van der Waals surface area contributed by atoms with Crippen molar-refractivity contribution in [3.05, 3.63) is 63.9 Å². The van der Waals surface area contributed by atoms with Crippen molar-refractivity contribution in [2.45, 2.75) is 52.6 Å². The number of halogens is 3. The first-order valence-electron chi connectivity index (χ1n) is 12.1. The minimum atomic E-state index is -3.80. The van der Waals surface area contributed by atoms with Gasteiger partial charge in [0, 0.05) is 41.7 Å². The zero-order chi connectivity index (χ0) is 27.8. The van der Waals surface area contributed by atoms with E-state index in [2.05, 4.69) is 5.32 Å². The van der Waals surface area contributed by atoms with Gasteiger partial charge in [-0.3, -0.25) is 13.9 Å². The van der Waals surface area contributed by atoms with E-state index in [0.717, 1.165) is 10.6 Å². The first-order chi connectivity index (χ1) is 17.4. The molecule has 0 aliphatic carbocycles. The number of para-hydroxylation sites is 1. The van der Waals surface area contributed by atoms with Crippen LogP contribution in [0.1, 0.15) is 45.6 Å². The number of carbonyl (C=O) groups is 2. The lowest BCUT2D eigenvalue weighted by atomic mass is 10.1. The van der Waals surface area contributed by atoms with Crippen molar-refractivity contribution in [2.75, 3.05) is 23.7 Å². The van der Waals surface area contributed by atoms with Crippen LogP contribution in [-0.4, -0.2) is 50.5 Å². The van der Waals surface area contributed by atoms with Gasteiger partial charge < -0.3 is 10.2 Å². The molecule has 2 aromatic rings. The van der Waals surface area contributed by atoms with Gasteiger partial charge in [0.05, 0.1) is 11.9 Å². The zero-order valence-electron chi connectivity index (χ0n) is 21.5. The van der Waals surface area contributed by atoms with E-state index in [9.17, 15) is 22.4 Å². The summed E-state index contributed by atoms with van der Waals surface area (Å²) < 4.78 is 40.0. The number of nitrogens with zero attached hydrogens (tertiary/aromatic N) is 2. The summed E-state index contributed by atoms with van der Waals surface area (Å²) in [4.78, 5) is 27.9. The van der Waals surface area contributed by atoms with Crippen LogP contribution in [0.3, 0.4) is 0 Å². The van der Waals surface area contributed by atoms with Crippen LogP contribution >= 0.6 is 23.2 Å². The maximum atomic E-state index is 14.3. The van der Waals surface area contributed by atoms with Crippen molar-refractivity contribution in [3.8, 4) is 0 Å². The average Bonchev–Trinajstić information content (AvgIpc) is 2.82. The number of amides is 2. The van der Waals surface area contributed by atoms with Gasteiger partial charge in [-0.15, -0.1) is 0 Å². The molecule has 0 fully saturated rings. The summed E-state index contributed by atoms with van der Waals surface area (Å²) >= 11 is 12.7. The van der Waals surface area contributed by atoms with Gasteiger partial charge in [-0.05, 0) is 43.0 Å². The molecule has 0 saturated heterocycles. The molecular weight excluding hydrogens is 540 g/mol. The first-order valence-corrected chi connectivity index (χ1v) is 14.7. The van der Waals surface area contributed by atoms with E-state index in [0.29, 0.717) is 28.6 Å². The van der Waals surface area contributed by atoms with E-state index in [1.165, 1.54) is 23.1 Å². The molecule has 0 unspecified atom stereocenters. The summed E-state index contributed by atoms with van der Waals surface area (Å²) in [6.07, 6.45) is 1.37. The van der Waals surface area contributed by atoms with Gasteiger partial charge in [0.1, 0.15) is 11.9 Å². The van der Waals surface area contributed by atoms with E-state index in [1.807, 2.05) is 13.8 Å². The molecular formula is C26H34Cl2FN3O4S. The third-order valence-electron chi connectivity index (χ3n) is 5.73. The molecule has 37 heavy (non-hydrogen) atoms. The first kappa shape index (κ1) is 30.9. The summed E-state index contributed by atoms with van der Waals surface area (Å²) in [6.45, 7) is 6.10. The van der Waals surface area contributed by atoms with Gasteiger partial charge >= 0.3 is 0 Å². The molecule has 0 aliphatic heterocycles. The quantitative estimate of drug-likeness (QED) is 0.354. The van der Waals surface area contributed by atoms with Crippen molar-refractivity contribution in [2.24, 2.45) is 5.92 Å². The van der Waals surface area contributed by atoms with E-state index >= 15 is 0 Å². The number of carbonyl (C=O) groups excluding carboxylic acids is 2. The molecule has 7 nitrogen and oxygen atoms in total. The highest BCUT2D eigenvalue weighted by Crippen LogP contribution is 2.28. The molecule has 0 aliphatic rings. The molecule has 11 heteroatoms. The Hall–Kier alpha value is -2.36. The lowest BCUT2D eigenvalue weighted by Gasteiger charge is -2.32. The van der Waals surface area contributed by atoms with Gasteiger partial charge in [0.25, 0.3) is 0 Å². The Morgan fingerprint density at radius 1 is 1.05 bits per heavy atom. The maximum Gasteiger partial charge on any atom is 0.242 e. The molecule has 0 radical (unpaired) electrons. The van der Waals surface area contributed by atoms with Crippen molar-refractivity contribution in [1.82, 2.24) is 10.2 Å². The second-order valence-corrected chi connectivity index (χ2v) is 11.9. The van der Waals surface area contributed by atoms with Crippen LogP contribution in [0.15, 0.2) is 42.5 Å². The number of nitrogens with one attached hydrogen (secondary N) is 1. The summed E-state index contributed by atoms with van der Waals surface area (Å²) in [6, 6.07) is 9.78. The molecule has 0 spiro atoms. The summed E-state index contributed by atoms with van der Waals surface area (Å²) in [5, 5.41) is 3.61. The van der Waals surface area contributed by atoms with Gasteiger partial charge in [0.15, 0.2) is 0 Å². The normalized spacial score (nSPS) is 12.3. The third kappa shape index (κ3) is 8.86. The number of sulfonamides is 1. The number of hydrogen-bond donors (Lipinski definition) is 1. The molecule has 204 valence electrons. The van der Waals surface area contributed by atoms with Gasteiger partial charge in [-0.2, -0.15) is 0 Å². The average molecular weight is 575 g/mol. The highest BCUT2D eigenvalue weighted by atomic mass is 35.5. The Bertz CT molecular complexity index is 1170. The summed E-state index contributed by atoms with van der Waals surface area (Å²) in [5.41, 5.74) is 0.426. The largest absolute Gasteiger partial charge is 0.354 e. The fourth-order valence-electron chi connectivity index (χ4n) is 3.83. The van der Waals surface area contributed by atoms with Crippen LogP contribution in [0, 0.1) is 11.7 Å². The van der Waals surface area contributed by atoms with Gasteiger partial charge in [-0.1, -0.05) is 62.2 Å². The molecule has 2 amide bonds. The Morgan fingerprint density at radius 2 is 1.68 bits per heavy atom. The van der Waals surface area contributed by atoms with E-state index in [4.69, 9.17) is 23.2 Å². The molecule has 0 bridgehead atoms. The maximum absolute atomic E-state index is 14.3. The number of benzene rings is 2. The molecule has 0 aromatic heterocycles. The van der Waals surface area contributed by atoms with E-state index in [1.54, 1.807) is 31.2 Å². The molecule has 0 heterocycles. The third-order valence-corrected chi connectivity index (χ3v) is 7.62. The molecule has 1 atom stereocenters. The highest BCUT2D eigenvalue weighted by molar-refractivity contribution is 7.92. The number of rotatable bonds is 13. The van der Waals surface area contributed by atoms with Crippen LogP contribution in [-0.2, 0) is 26.2 Å². The van der Waals surface area contributed by atoms with Crippen LogP contribution in [0.25, 0.3) is 0 Å². The number of anilines is 1. The molecule has 1 N–H and O–H groups in total. The van der Waals surface area contributed by atoms with Crippen molar-refractivity contribution >= 4 is 50.7 Å². The molecule has 2 rings (SSSR count). The molecule has 2 aromatic carbocycles. The zero-order valence-corrected chi connectivity index (χ0v) is 23.8. The Balaban J connectivity index is 2.28. The van der Waals surface area contributed by atoms with Gasteiger partial charge in [0.2, 0.25) is 21.8 Å². The highest BCUT2D eigenvalue weighted by Gasteiger charge is 2.30.